The van der Waals surface area contributed by atoms with Gasteiger partial charge in [0.1, 0.15) is 22.6 Å². The zero-order valence-corrected chi connectivity index (χ0v) is 17.1. The van der Waals surface area contributed by atoms with E-state index in [0.717, 1.165) is 46.7 Å². The summed E-state index contributed by atoms with van der Waals surface area (Å²) in [5, 5.41) is 13.6. The molecule has 1 aromatic carbocycles. The number of anilines is 1. The lowest BCUT2D eigenvalue weighted by Crippen LogP contribution is -2.17. The number of nitrogens with zero attached hydrogens (tertiary/aromatic N) is 3. The van der Waals surface area contributed by atoms with Crippen molar-refractivity contribution in [3.63, 3.8) is 0 Å². The largest absolute Gasteiger partial charge is 0.494 e. The average Bonchev–Trinajstić information content (AvgIpc) is 3.41. The maximum absolute atomic E-state index is 13.1. The van der Waals surface area contributed by atoms with Crippen LogP contribution in [0.5, 0.6) is 5.75 Å². The number of amides is 1. The molecule has 7 nitrogen and oxygen atoms in total. The molecule has 148 valence electrons. The molecule has 1 aliphatic rings. The number of benzene rings is 1. The fraction of sp³-hybridized carbons (Fsp3) is 0.450. The molecule has 3 aromatic rings. The Morgan fingerprint density at radius 3 is 2.96 bits per heavy atom. The van der Waals surface area contributed by atoms with Crippen molar-refractivity contribution in [1.82, 2.24) is 14.8 Å². The second kappa shape index (κ2) is 7.89. The third-order valence-corrected chi connectivity index (χ3v) is 5.93. The van der Waals surface area contributed by atoms with E-state index in [-0.39, 0.29) is 12.0 Å². The first kappa shape index (κ1) is 18.9. The molecule has 2 aromatic heterocycles. The van der Waals surface area contributed by atoms with Crippen molar-refractivity contribution < 1.29 is 14.3 Å². The minimum absolute atomic E-state index is 0.00367. The zero-order valence-electron chi connectivity index (χ0n) is 16.3. The molecular weight excluding hydrogens is 376 g/mol. The molecule has 1 atom stereocenters. The molecule has 1 unspecified atom stereocenters. The summed E-state index contributed by atoms with van der Waals surface area (Å²) >= 11 is 1.38. The molecule has 1 aliphatic heterocycles. The minimum atomic E-state index is -0.177. The van der Waals surface area contributed by atoms with E-state index in [9.17, 15) is 4.79 Å². The van der Waals surface area contributed by atoms with Gasteiger partial charge in [0.15, 0.2) is 0 Å². The second-order valence-corrected chi connectivity index (χ2v) is 7.74. The van der Waals surface area contributed by atoms with Crippen LogP contribution in [0.3, 0.4) is 0 Å². The summed E-state index contributed by atoms with van der Waals surface area (Å²) < 4.78 is 13.3. The number of ether oxygens (including phenoxy) is 2. The van der Waals surface area contributed by atoms with Gasteiger partial charge in [-0.3, -0.25) is 10.1 Å². The van der Waals surface area contributed by atoms with Crippen molar-refractivity contribution in [1.29, 1.82) is 0 Å². The lowest BCUT2D eigenvalue weighted by Gasteiger charge is -2.08. The van der Waals surface area contributed by atoms with Crippen molar-refractivity contribution in [3.05, 3.63) is 34.5 Å². The van der Waals surface area contributed by atoms with E-state index in [0.29, 0.717) is 24.0 Å². The lowest BCUT2D eigenvalue weighted by atomic mass is 10.1. The number of fused-ring (bicyclic) bond motifs is 1. The maximum atomic E-state index is 13.1. The van der Waals surface area contributed by atoms with Gasteiger partial charge in [-0.2, -0.15) is 0 Å². The van der Waals surface area contributed by atoms with Crippen LogP contribution in [0, 0.1) is 6.92 Å². The van der Waals surface area contributed by atoms with Crippen molar-refractivity contribution in [3.8, 4) is 5.75 Å². The van der Waals surface area contributed by atoms with Crippen LogP contribution in [0.4, 0.5) is 5.13 Å². The Bertz CT molecular complexity index is 1000. The first-order chi connectivity index (χ1) is 13.6. The number of carbonyl (C=O) groups is 1. The summed E-state index contributed by atoms with van der Waals surface area (Å²) in [5.41, 5.74) is 2.59. The molecular formula is C20H24N4O3S. The molecule has 0 aliphatic carbocycles. The summed E-state index contributed by atoms with van der Waals surface area (Å²) in [6.45, 7) is 8.02. The van der Waals surface area contributed by atoms with Crippen molar-refractivity contribution in [2.24, 2.45) is 0 Å². The lowest BCUT2D eigenvalue weighted by molar-refractivity contribution is 0.101. The average molecular weight is 401 g/mol. The van der Waals surface area contributed by atoms with Crippen LogP contribution in [0.2, 0.25) is 0 Å². The molecule has 1 saturated heterocycles. The number of hydrogen-bond acceptors (Lipinski definition) is 6. The molecule has 1 fully saturated rings. The van der Waals surface area contributed by atoms with Gasteiger partial charge in [-0.1, -0.05) is 11.3 Å². The highest BCUT2D eigenvalue weighted by Gasteiger charge is 2.24. The van der Waals surface area contributed by atoms with Gasteiger partial charge in [0.05, 0.1) is 6.61 Å². The summed E-state index contributed by atoms with van der Waals surface area (Å²) in [6.07, 6.45) is 1.99. The van der Waals surface area contributed by atoms with Gasteiger partial charge in [-0.25, -0.2) is 0 Å². The summed E-state index contributed by atoms with van der Waals surface area (Å²) in [4.78, 5) is 13.1. The molecule has 3 heterocycles. The Hall–Kier alpha value is -2.45. The van der Waals surface area contributed by atoms with Crippen molar-refractivity contribution in [2.45, 2.75) is 46.3 Å². The van der Waals surface area contributed by atoms with Gasteiger partial charge < -0.3 is 14.0 Å². The minimum Gasteiger partial charge on any atom is -0.494 e. The quantitative estimate of drug-likeness (QED) is 0.666. The van der Waals surface area contributed by atoms with E-state index in [1.807, 2.05) is 43.5 Å². The third-order valence-electron chi connectivity index (χ3n) is 5.00. The molecule has 1 N–H and O–H groups in total. The van der Waals surface area contributed by atoms with Gasteiger partial charge >= 0.3 is 0 Å². The number of nitrogens with one attached hydrogen (secondary N) is 1. The van der Waals surface area contributed by atoms with E-state index in [1.54, 1.807) is 0 Å². The summed E-state index contributed by atoms with van der Waals surface area (Å²) in [5.74, 6) is 0.632. The van der Waals surface area contributed by atoms with Gasteiger partial charge in [0, 0.05) is 24.1 Å². The van der Waals surface area contributed by atoms with E-state index >= 15 is 0 Å². The monoisotopic (exact) mass is 400 g/mol. The van der Waals surface area contributed by atoms with Crippen LogP contribution in [0.1, 0.15) is 53.9 Å². The SMILES string of the molecule is CCOc1ccc2c(c1)c(C)c(C(=O)Nc1nnc(C3CCCO3)s1)n2CC. The Labute approximate surface area is 167 Å². The predicted molar refractivity (Wildman–Crippen MR) is 109 cm³/mol. The molecule has 4 rings (SSSR count). The zero-order chi connectivity index (χ0) is 19.7. The molecule has 28 heavy (non-hydrogen) atoms. The van der Waals surface area contributed by atoms with Crippen LogP contribution in [0.25, 0.3) is 10.9 Å². The van der Waals surface area contributed by atoms with Crippen LogP contribution in [0.15, 0.2) is 18.2 Å². The number of rotatable bonds is 6. The van der Waals surface area contributed by atoms with E-state index in [2.05, 4.69) is 15.5 Å². The van der Waals surface area contributed by atoms with Crippen LogP contribution in [-0.2, 0) is 11.3 Å². The van der Waals surface area contributed by atoms with E-state index in [1.165, 1.54) is 11.3 Å². The number of carbonyl (C=O) groups excluding carboxylic acids is 1. The maximum Gasteiger partial charge on any atom is 0.274 e. The normalized spacial score (nSPS) is 16.6. The molecule has 0 spiro atoms. The number of aryl methyl sites for hydroxylation is 2. The van der Waals surface area contributed by atoms with E-state index in [4.69, 9.17) is 9.47 Å². The molecule has 1 amide bonds. The highest BCUT2D eigenvalue weighted by atomic mass is 32.1. The van der Waals surface area contributed by atoms with E-state index < -0.39 is 0 Å². The Morgan fingerprint density at radius 2 is 2.25 bits per heavy atom. The Balaban J connectivity index is 1.64. The van der Waals surface area contributed by atoms with Gasteiger partial charge in [0.2, 0.25) is 5.13 Å². The smallest absolute Gasteiger partial charge is 0.274 e. The molecule has 8 heteroatoms. The topological polar surface area (TPSA) is 78.3 Å². The fourth-order valence-electron chi connectivity index (χ4n) is 3.72. The molecule has 0 saturated carbocycles. The molecule has 0 radical (unpaired) electrons. The van der Waals surface area contributed by atoms with Gasteiger partial charge in [0.25, 0.3) is 5.91 Å². The Kier molecular flexibility index (Phi) is 5.32. The number of aromatic nitrogens is 3. The first-order valence-electron chi connectivity index (χ1n) is 9.64. The first-order valence-corrected chi connectivity index (χ1v) is 10.5. The fourth-order valence-corrected chi connectivity index (χ4v) is 4.55. The van der Waals surface area contributed by atoms with Crippen molar-refractivity contribution in [2.75, 3.05) is 18.5 Å². The van der Waals surface area contributed by atoms with Gasteiger partial charge in [-0.05, 0) is 57.4 Å². The van der Waals surface area contributed by atoms with Crippen LogP contribution in [-0.4, -0.2) is 33.9 Å². The van der Waals surface area contributed by atoms with Crippen LogP contribution >= 0.6 is 11.3 Å². The highest BCUT2D eigenvalue weighted by molar-refractivity contribution is 7.15. The van der Waals surface area contributed by atoms with Crippen LogP contribution < -0.4 is 10.1 Å². The highest BCUT2D eigenvalue weighted by Crippen LogP contribution is 2.33. The number of hydrogen-bond donors (Lipinski definition) is 1. The Morgan fingerprint density at radius 1 is 1.39 bits per heavy atom. The molecule has 0 bridgehead atoms. The third kappa shape index (κ3) is 3.38. The van der Waals surface area contributed by atoms with Gasteiger partial charge in [-0.15, -0.1) is 10.2 Å². The standard InChI is InChI=1S/C20H24N4O3S/c1-4-24-15-9-8-13(26-5-2)11-14(15)12(3)17(24)18(25)21-20-23-22-19(28-20)16-7-6-10-27-16/h8-9,11,16H,4-7,10H2,1-3H3,(H,21,23,25). The summed E-state index contributed by atoms with van der Waals surface area (Å²) in [6, 6.07) is 5.95. The second-order valence-electron chi connectivity index (χ2n) is 6.73. The summed E-state index contributed by atoms with van der Waals surface area (Å²) in [7, 11) is 0. The van der Waals surface area contributed by atoms with Crippen molar-refractivity contribution >= 4 is 33.3 Å². The predicted octanol–water partition coefficient (Wildman–Crippen LogP) is 4.32.